The molecule has 2 N–H and O–H groups in total. The minimum absolute atomic E-state index is 0.00522. The van der Waals surface area contributed by atoms with Gasteiger partial charge in [0.15, 0.2) is 5.13 Å². The lowest BCUT2D eigenvalue weighted by Gasteiger charge is -2.19. The lowest BCUT2D eigenvalue weighted by Crippen LogP contribution is -2.35. The van der Waals surface area contributed by atoms with Crippen LogP contribution < -0.4 is 5.32 Å². The van der Waals surface area contributed by atoms with Gasteiger partial charge in [-0.25, -0.2) is 4.98 Å². The average Bonchev–Trinajstić information content (AvgIpc) is 3.02. The molecule has 1 heterocycles. The molecule has 0 radical (unpaired) electrons. The van der Waals surface area contributed by atoms with E-state index in [0.717, 1.165) is 18.0 Å². The Labute approximate surface area is 98.1 Å². The van der Waals surface area contributed by atoms with Gasteiger partial charge in [-0.1, -0.05) is 0 Å². The number of hydrogen-bond acceptors (Lipinski definition) is 5. The average molecular weight is 241 g/mol. The van der Waals surface area contributed by atoms with Crippen molar-refractivity contribution in [2.45, 2.75) is 18.9 Å². The van der Waals surface area contributed by atoms with Gasteiger partial charge in [0.2, 0.25) is 0 Å². The molecular weight excluding hydrogens is 226 g/mol. The predicted octanol–water partition coefficient (Wildman–Crippen LogP) is 0.782. The Kier molecular flexibility index (Phi) is 3.40. The van der Waals surface area contributed by atoms with Crippen LogP contribution in [0.3, 0.4) is 0 Å². The zero-order valence-corrected chi connectivity index (χ0v) is 9.96. The van der Waals surface area contributed by atoms with Crippen molar-refractivity contribution in [3.63, 3.8) is 0 Å². The van der Waals surface area contributed by atoms with Crippen molar-refractivity contribution in [1.82, 2.24) is 9.88 Å². The van der Waals surface area contributed by atoms with Crippen LogP contribution in [-0.4, -0.2) is 47.1 Å². The van der Waals surface area contributed by atoms with E-state index in [1.807, 2.05) is 0 Å². The maximum Gasteiger partial charge on any atom is 0.273 e. The number of nitrogens with zero attached hydrogens (tertiary/aromatic N) is 2. The molecule has 1 aromatic heterocycles. The summed E-state index contributed by atoms with van der Waals surface area (Å²) in [5, 5.41) is 14.3. The van der Waals surface area contributed by atoms with Crippen LogP contribution in [0, 0.1) is 0 Å². The molecule has 6 heteroatoms. The topological polar surface area (TPSA) is 65.5 Å². The Morgan fingerprint density at radius 2 is 2.50 bits per heavy atom. The molecule has 0 spiro atoms. The van der Waals surface area contributed by atoms with Crippen LogP contribution in [-0.2, 0) is 0 Å². The minimum atomic E-state index is -0.0747. The molecule has 1 aliphatic rings. The number of thiazole rings is 1. The van der Waals surface area contributed by atoms with Gasteiger partial charge < -0.3 is 15.3 Å². The molecule has 0 unspecified atom stereocenters. The Balaban J connectivity index is 2.09. The van der Waals surface area contributed by atoms with Crippen molar-refractivity contribution < 1.29 is 9.90 Å². The molecule has 0 aromatic carbocycles. The van der Waals surface area contributed by atoms with Gasteiger partial charge in [-0.3, -0.25) is 4.79 Å². The number of hydrogen-bond donors (Lipinski definition) is 2. The number of nitrogens with one attached hydrogen (secondary N) is 1. The van der Waals surface area contributed by atoms with E-state index in [9.17, 15) is 4.79 Å². The summed E-state index contributed by atoms with van der Waals surface area (Å²) >= 11 is 1.41. The van der Waals surface area contributed by atoms with Crippen LogP contribution in [0.4, 0.5) is 5.13 Å². The van der Waals surface area contributed by atoms with Crippen LogP contribution in [0.2, 0.25) is 0 Å². The maximum atomic E-state index is 12.1. The molecule has 1 fully saturated rings. The second kappa shape index (κ2) is 4.80. The molecule has 5 nitrogen and oxygen atoms in total. The van der Waals surface area contributed by atoms with Crippen LogP contribution in [0.5, 0.6) is 0 Å². The first-order valence-corrected chi connectivity index (χ1v) is 6.19. The Bertz CT molecular complexity index is 376. The summed E-state index contributed by atoms with van der Waals surface area (Å²) in [5.41, 5.74) is 0.467. The summed E-state index contributed by atoms with van der Waals surface area (Å²) in [6.45, 7) is 0.404. The van der Waals surface area contributed by atoms with Crippen molar-refractivity contribution >= 4 is 22.4 Å². The van der Waals surface area contributed by atoms with Gasteiger partial charge in [0.25, 0.3) is 5.91 Å². The lowest BCUT2D eigenvalue weighted by molar-refractivity contribution is 0.0702. The van der Waals surface area contributed by atoms with Crippen LogP contribution in [0.25, 0.3) is 0 Å². The highest BCUT2D eigenvalue weighted by Gasteiger charge is 2.33. The summed E-state index contributed by atoms with van der Waals surface area (Å²) in [4.78, 5) is 18.0. The summed E-state index contributed by atoms with van der Waals surface area (Å²) in [7, 11) is 1.78. The van der Waals surface area contributed by atoms with Crippen molar-refractivity contribution in [1.29, 1.82) is 0 Å². The zero-order valence-electron chi connectivity index (χ0n) is 9.14. The van der Waals surface area contributed by atoms with Crippen molar-refractivity contribution in [2.24, 2.45) is 0 Å². The van der Waals surface area contributed by atoms with E-state index < -0.39 is 0 Å². The molecular formula is C10H15N3O2S. The van der Waals surface area contributed by atoms with Gasteiger partial charge in [-0.05, 0) is 12.8 Å². The van der Waals surface area contributed by atoms with Crippen LogP contribution in [0.1, 0.15) is 23.3 Å². The van der Waals surface area contributed by atoms with Crippen molar-refractivity contribution in [3.8, 4) is 0 Å². The van der Waals surface area contributed by atoms with E-state index in [1.165, 1.54) is 11.3 Å². The third kappa shape index (κ3) is 2.33. The van der Waals surface area contributed by atoms with Crippen LogP contribution >= 0.6 is 11.3 Å². The zero-order chi connectivity index (χ0) is 11.5. The summed E-state index contributed by atoms with van der Waals surface area (Å²) in [6.07, 6.45) is 2.07. The number of amides is 1. The Hall–Kier alpha value is -1.14. The molecule has 1 aliphatic carbocycles. The summed E-state index contributed by atoms with van der Waals surface area (Å²) in [6, 6.07) is 0.305. The molecule has 0 atom stereocenters. The number of aromatic nitrogens is 1. The van der Waals surface area contributed by atoms with E-state index in [0.29, 0.717) is 18.3 Å². The van der Waals surface area contributed by atoms with E-state index in [-0.39, 0.29) is 12.5 Å². The van der Waals surface area contributed by atoms with E-state index in [2.05, 4.69) is 10.3 Å². The molecule has 1 saturated carbocycles. The van der Waals surface area contributed by atoms with Gasteiger partial charge in [-0.2, -0.15) is 0 Å². The third-order valence-corrected chi connectivity index (χ3v) is 3.39. The molecule has 0 aliphatic heterocycles. The molecule has 1 amide bonds. The normalized spacial score (nSPS) is 14.9. The number of anilines is 1. The van der Waals surface area contributed by atoms with Gasteiger partial charge in [0.1, 0.15) is 5.69 Å². The summed E-state index contributed by atoms with van der Waals surface area (Å²) in [5.74, 6) is -0.0747. The Morgan fingerprint density at radius 1 is 1.75 bits per heavy atom. The van der Waals surface area contributed by atoms with Gasteiger partial charge in [0, 0.05) is 25.0 Å². The number of aliphatic hydroxyl groups is 1. The smallest absolute Gasteiger partial charge is 0.273 e. The molecule has 2 rings (SSSR count). The fourth-order valence-corrected chi connectivity index (χ4v) is 2.22. The highest BCUT2D eigenvalue weighted by Crippen LogP contribution is 2.28. The first kappa shape index (κ1) is 11.3. The minimum Gasteiger partial charge on any atom is -0.395 e. The van der Waals surface area contributed by atoms with Crippen molar-refractivity contribution in [3.05, 3.63) is 11.1 Å². The second-order valence-electron chi connectivity index (χ2n) is 3.74. The fourth-order valence-electron chi connectivity index (χ4n) is 1.58. The van der Waals surface area contributed by atoms with Gasteiger partial charge in [0.05, 0.1) is 6.61 Å². The molecule has 0 saturated heterocycles. The maximum absolute atomic E-state index is 12.1. The molecule has 0 bridgehead atoms. The highest BCUT2D eigenvalue weighted by atomic mass is 32.1. The van der Waals surface area contributed by atoms with E-state index in [1.54, 1.807) is 17.3 Å². The molecule has 88 valence electrons. The first-order chi connectivity index (χ1) is 7.76. The summed E-state index contributed by atoms with van der Waals surface area (Å²) < 4.78 is 0. The second-order valence-corrected chi connectivity index (χ2v) is 4.60. The van der Waals surface area contributed by atoms with E-state index in [4.69, 9.17) is 5.11 Å². The highest BCUT2D eigenvalue weighted by molar-refractivity contribution is 7.13. The molecule has 16 heavy (non-hydrogen) atoms. The molecule has 1 aromatic rings. The standard InChI is InChI=1S/C10H15N3O2S/c1-11-10-12-8(6-16-10)9(15)13(4-5-14)7-2-3-7/h6-7,14H,2-5H2,1H3,(H,11,12). The largest absolute Gasteiger partial charge is 0.395 e. The number of aliphatic hydroxyl groups excluding tert-OH is 1. The monoisotopic (exact) mass is 241 g/mol. The predicted molar refractivity (Wildman–Crippen MR) is 62.8 cm³/mol. The van der Waals surface area contributed by atoms with Crippen LogP contribution in [0.15, 0.2) is 5.38 Å². The Morgan fingerprint density at radius 3 is 3.00 bits per heavy atom. The first-order valence-electron chi connectivity index (χ1n) is 5.31. The lowest BCUT2D eigenvalue weighted by atomic mass is 10.3. The number of rotatable bonds is 5. The number of carbonyl (C=O) groups excluding carboxylic acids is 1. The van der Waals surface area contributed by atoms with Gasteiger partial charge in [-0.15, -0.1) is 11.3 Å². The third-order valence-electron chi connectivity index (χ3n) is 2.53. The van der Waals surface area contributed by atoms with Crippen molar-refractivity contribution in [2.75, 3.05) is 25.5 Å². The van der Waals surface area contributed by atoms with Gasteiger partial charge >= 0.3 is 0 Å². The number of carbonyl (C=O) groups is 1. The fraction of sp³-hybridized carbons (Fsp3) is 0.600. The SMILES string of the molecule is CNc1nc(C(=O)N(CCO)C2CC2)cs1. The quantitative estimate of drug-likeness (QED) is 0.799. The van der Waals surface area contributed by atoms with E-state index >= 15 is 0 Å².